The van der Waals surface area contributed by atoms with E-state index in [1.54, 1.807) is 0 Å². The third kappa shape index (κ3) is 7.21. The number of carbonyl (C=O) groups is 1. The van der Waals surface area contributed by atoms with Gasteiger partial charge in [-0.2, -0.15) is 0 Å². The molecular weight excluding hydrogens is 306 g/mol. The average molecular weight is 328 g/mol. The molecule has 0 unspecified atom stereocenters. The maximum absolute atomic E-state index is 11.1. The zero-order valence-corrected chi connectivity index (χ0v) is 13.3. The van der Waals surface area contributed by atoms with Crippen LogP contribution in [0.1, 0.15) is 38.2 Å². The van der Waals surface area contributed by atoms with Gasteiger partial charge in [0.15, 0.2) is 0 Å². The van der Waals surface area contributed by atoms with Crippen molar-refractivity contribution in [2.24, 2.45) is 0 Å². The van der Waals surface area contributed by atoms with Crippen molar-refractivity contribution in [2.75, 3.05) is 18.5 Å². The average Bonchev–Trinajstić information content (AvgIpc) is 2.32. The first kappa shape index (κ1) is 16.0. The summed E-state index contributed by atoms with van der Waals surface area (Å²) in [7, 11) is 0. The molecule has 0 amide bonds. The van der Waals surface area contributed by atoms with Gasteiger partial charge < -0.3 is 10.1 Å². The van der Waals surface area contributed by atoms with E-state index in [1.807, 2.05) is 6.92 Å². The number of anilines is 1. The summed E-state index contributed by atoms with van der Waals surface area (Å²) in [6.07, 6.45) is 3.53. The Morgan fingerprint density at radius 2 is 2.05 bits per heavy atom. The van der Waals surface area contributed by atoms with Crippen molar-refractivity contribution in [3.63, 3.8) is 0 Å². The highest BCUT2D eigenvalue weighted by molar-refractivity contribution is 9.10. The molecule has 0 bridgehead atoms. The van der Waals surface area contributed by atoms with Crippen molar-refractivity contribution in [3.05, 3.63) is 28.2 Å². The van der Waals surface area contributed by atoms with Gasteiger partial charge >= 0.3 is 5.97 Å². The second kappa shape index (κ2) is 8.97. The molecule has 0 atom stereocenters. The number of hydrogen-bond donors (Lipinski definition) is 1. The first-order valence-electron chi connectivity index (χ1n) is 6.78. The van der Waals surface area contributed by atoms with Crippen molar-refractivity contribution in [2.45, 2.75) is 39.5 Å². The van der Waals surface area contributed by atoms with E-state index in [0.717, 1.165) is 36.0 Å². The zero-order chi connectivity index (χ0) is 14.1. The smallest absolute Gasteiger partial charge is 0.305 e. The number of aryl methyl sites for hydroxylation is 1. The number of esters is 1. The van der Waals surface area contributed by atoms with E-state index in [4.69, 9.17) is 4.74 Å². The van der Waals surface area contributed by atoms with Crippen LogP contribution in [0, 0.1) is 6.92 Å². The number of ether oxygens (including phenoxy) is 1. The Hall–Kier alpha value is -1.03. The Bertz CT molecular complexity index is 387. The summed E-state index contributed by atoms with van der Waals surface area (Å²) < 4.78 is 5.98. The van der Waals surface area contributed by atoms with Gasteiger partial charge in [-0.3, -0.25) is 4.79 Å². The minimum atomic E-state index is -0.0851. The molecule has 1 N–H and O–H groups in total. The molecule has 1 rings (SSSR count). The molecule has 0 heterocycles. The number of rotatable bonds is 8. The highest BCUT2D eigenvalue weighted by atomic mass is 79.9. The van der Waals surface area contributed by atoms with E-state index in [0.29, 0.717) is 13.0 Å². The van der Waals surface area contributed by atoms with Crippen molar-refractivity contribution in [1.82, 2.24) is 0 Å². The summed E-state index contributed by atoms with van der Waals surface area (Å²) in [6.45, 7) is 5.32. The summed E-state index contributed by atoms with van der Waals surface area (Å²) in [5.74, 6) is -0.0851. The minimum Gasteiger partial charge on any atom is -0.466 e. The van der Waals surface area contributed by atoms with Crippen LogP contribution in [0.15, 0.2) is 22.7 Å². The standard InChI is InChI=1S/C15H22BrNO2/c1-3-19-15(18)7-5-4-6-8-17-14-10-12(2)9-13(16)11-14/h9-11,17H,3-8H2,1-2H3. The summed E-state index contributed by atoms with van der Waals surface area (Å²) in [6, 6.07) is 6.29. The molecule has 0 saturated heterocycles. The van der Waals surface area contributed by atoms with Crippen molar-refractivity contribution in [3.8, 4) is 0 Å². The van der Waals surface area contributed by atoms with Gasteiger partial charge in [0.05, 0.1) is 6.61 Å². The van der Waals surface area contributed by atoms with Crippen LogP contribution < -0.4 is 5.32 Å². The molecule has 19 heavy (non-hydrogen) atoms. The second-order valence-electron chi connectivity index (χ2n) is 4.56. The van der Waals surface area contributed by atoms with Gasteiger partial charge in [0.25, 0.3) is 0 Å². The molecule has 0 fully saturated rings. The quantitative estimate of drug-likeness (QED) is 0.571. The third-order valence-electron chi connectivity index (χ3n) is 2.73. The van der Waals surface area contributed by atoms with Gasteiger partial charge in [-0.15, -0.1) is 0 Å². The summed E-state index contributed by atoms with van der Waals surface area (Å²) in [4.78, 5) is 11.1. The molecule has 106 valence electrons. The number of nitrogens with one attached hydrogen (secondary N) is 1. The maximum Gasteiger partial charge on any atom is 0.305 e. The predicted octanol–water partition coefficient (Wildman–Crippen LogP) is 4.29. The molecule has 0 spiro atoms. The zero-order valence-electron chi connectivity index (χ0n) is 11.7. The molecule has 3 nitrogen and oxygen atoms in total. The number of carbonyl (C=O) groups excluding carboxylic acids is 1. The van der Waals surface area contributed by atoms with E-state index in [1.165, 1.54) is 5.56 Å². The Morgan fingerprint density at radius 3 is 2.74 bits per heavy atom. The number of benzene rings is 1. The second-order valence-corrected chi connectivity index (χ2v) is 5.48. The topological polar surface area (TPSA) is 38.3 Å². The Morgan fingerprint density at radius 1 is 1.26 bits per heavy atom. The first-order chi connectivity index (χ1) is 9.11. The molecule has 0 saturated carbocycles. The van der Waals surface area contributed by atoms with Gasteiger partial charge in [0, 0.05) is 23.1 Å². The van der Waals surface area contributed by atoms with Crippen LogP contribution in [0.3, 0.4) is 0 Å². The summed E-state index contributed by atoms with van der Waals surface area (Å²) >= 11 is 3.49. The van der Waals surface area contributed by atoms with Gasteiger partial charge in [0.2, 0.25) is 0 Å². The van der Waals surface area contributed by atoms with Gasteiger partial charge in [-0.1, -0.05) is 22.4 Å². The van der Waals surface area contributed by atoms with E-state index in [2.05, 4.69) is 46.4 Å². The van der Waals surface area contributed by atoms with Crippen LogP contribution in [0.4, 0.5) is 5.69 Å². The summed E-state index contributed by atoms with van der Waals surface area (Å²) in [5, 5.41) is 3.39. The van der Waals surface area contributed by atoms with E-state index < -0.39 is 0 Å². The Labute approximate surface area is 123 Å². The molecule has 0 aliphatic heterocycles. The molecule has 1 aromatic carbocycles. The third-order valence-corrected chi connectivity index (χ3v) is 3.19. The summed E-state index contributed by atoms with van der Waals surface area (Å²) in [5.41, 5.74) is 2.37. The number of halogens is 1. The number of hydrogen-bond acceptors (Lipinski definition) is 3. The lowest BCUT2D eigenvalue weighted by Gasteiger charge is -2.08. The van der Waals surface area contributed by atoms with Gasteiger partial charge in [-0.25, -0.2) is 0 Å². The molecule has 0 aliphatic carbocycles. The monoisotopic (exact) mass is 327 g/mol. The molecule has 1 aromatic rings. The van der Waals surface area contributed by atoms with Crippen LogP contribution >= 0.6 is 15.9 Å². The molecule has 0 radical (unpaired) electrons. The van der Waals surface area contributed by atoms with Crippen LogP contribution in [-0.4, -0.2) is 19.1 Å². The lowest BCUT2D eigenvalue weighted by atomic mass is 10.2. The van der Waals surface area contributed by atoms with Crippen LogP contribution in [-0.2, 0) is 9.53 Å². The molecule has 0 aliphatic rings. The minimum absolute atomic E-state index is 0.0851. The van der Waals surface area contributed by atoms with E-state index >= 15 is 0 Å². The first-order valence-corrected chi connectivity index (χ1v) is 7.58. The fraction of sp³-hybridized carbons (Fsp3) is 0.533. The van der Waals surface area contributed by atoms with E-state index in [9.17, 15) is 4.79 Å². The molecule has 4 heteroatoms. The Balaban J connectivity index is 2.12. The SMILES string of the molecule is CCOC(=O)CCCCCNc1cc(C)cc(Br)c1. The van der Waals surface area contributed by atoms with Gasteiger partial charge in [-0.05, 0) is 50.5 Å². The lowest BCUT2D eigenvalue weighted by Crippen LogP contribution is -2.05. The van der Waals surface area contributed by atoms with Crippen LogP contribution in [0.2, 0.25) is 0 Å². The highest BCUT2D eigenvalue weighted by Crippen LogP contribution is 2.19. The van der Waals surface area contributed by atoms with Crippen molar-refractivity contribution in [1.29, 1.82) is 0 Å². The molecular formula is C15H22BrNO2. The lowest BCUT2D eigenvalue weighted by molar-refractivity contribution is -0.143. The molecule has 0 aromatic heterocycles. The van der Waals surface area contributed by atoms with Crippen LogP contribution in [0.25, 0.3) is 0 Å². The van der Waals surface area contributed by atoms with Crippen molar-refractivity contribution >= 4 is 27.6 Å². The largest absolute Gasteiger partial charge is 0.466 e. The Kier molecular flexibility index (Phi) is 7.56. The van der Waals surface area contributed by atoms with Crippen LogP contribution in [0.5, 0.6) is 0 Å². The van der Waals surface area contributed by atoms with Crippen molar-refractivity contribution < 1.29 is 9.53 Å². The number of unbranched alkanes of at least 4 members (excludes halogenated alkanes) is 2. The maximum atomic E-state index is 11.1. The normalized spacial score (nSPS) is 10.3. The predicted molar refractivity (Wildman–Crippen MR) is 82.5 cm³/mol. The van der Waals surface area contributed by atoms with Gasteiger partial charge in [0.1, 0.15) is 0 Å². The fourth-order valence-electron chi connectivity index (χ4n) is 1.88. The highest BCUT2D eigenvalue weighted by Gasteiger charge is 2.01. The van der Waals surface area contributed by atoms with E-state index in [-0.39, 0.29) is 5.97 Å². The fourth-order valence-corrected chi connectivity index (χ4v) is 2.48.